The Morgan fingerprint density at radius 2 is 1.71 bits per heavy atom. The highest BCUT2D eigenvalue weighted by atomic mass is 32.2. The van der Waals surface area contributed by atoms with Gasteiger partial charge in [-0.05, 0) is 59.9 Å². The summed E-state index contributed by atoms with van der Waals surface area (Å²) >= 11 is 0. The lowest BCUT2D eigenvalue weighted by molar-refractivity contribution is 0.0697. The van der Waals surface area contributed by atoms with Crippen molar-refractivity contribution in [3.63, 3.8) is 0 Å². The van der Waals surface area contributed by atoms with E-state index in [1.54, 1.807) is 36.4 Å². The van der Waals surface area contributed by atoms with E-state index in [0.717, 1.165) is 16.7 Å². The molecule has 0 atom stereocenters. The summed E-state index contributed by atoms with van der Waals surface area (Å²) in [5.74, 6) is -0.558. The highest BCUT2D eigenvalue weighted by molar-refractivity contribution is 7.92. The van der Waals surface area contributed by atoms with Crippen LogP contribution in [0.15, 0.2) is 71.6 Å². The molecule has 0 bridgehead atoms. The first kappa shape index (κ1) is 22.4. The summed E-state index contributed by atoms with van der Waals surface area (Å²) in [7, 11) is -3.82. The molecule has 3 rings (SSSR count). The number of hydrogen-bond acceptors (Lipinski definition) is 4. The van der Waals surface area contributed by atoms with E-state index in [1.165, 1.54) is 12.1 Å². The Labute approximate surface area is 182 Å². The lowest BCUT2D eigenvalue weighted by atomic mass is 10.0. The molecule has 6 nitrogen and oxygen atoms in total. The lowest BCUT2D eigenvalue weighted by Gasteiger charge is -2.17. The molecule has 2 N–H and O–H groups in total. The van der Waals surface area contributed by atoms with E-state index in [1.807, 2.05) is 39.0 Å². The van der Waals surface area contributed by atoms with Crippen LogP contribution < -0.4 is 9.46 Å². The summed E-state index contributed by atoms with van der Waals surface area (Å²) in [6, 6.07) is 18.5. The molecule has 162 valence electrons. The fourth-order valence-corrected chi connectivity index (χ4v) is 4.59. The second kappa shape index (κ2) is 9.22. The van der Waals surface area contributed by atoms with Gasteiger partial charge in [0.05, 0.1) is 16.1 Å². The largest absolute Gasteiger partial charge is 0.487 e. The summed E-state index contributed by atoms with van der Waals surface area (Å²) in [5.41, 5.74) is 2.93. The molecule has 0 saturated carbocycles. The first-order chi connectivity index (χ1) is 14.7. The number of nitrogens with one attached hydrogen (secondary N) is 1. The minimum Gasteiger partial charge on any atom is -0.487 e. The smallest absolute Gasteiger partial charge is 0.335 e. The average molecular weight is 440 g/mol. The lowest BCUT2D eigenvalue weighted by Crippen LogP contribution is -2.16. The molecule has 0 unspecified atom stereocenters. The number of carboxylic acid groups (broad SMARTS) is 1. The predicted octanol–water partition coefficient (Wildman–Crippen LogP) is 5.20. The van der Waals surface area contributed by atoms with E-state index in [2.05, 4.69) is 4.72 Å². The summed E-state index contributed by atoms with van der Waals surface area (Å²) in [4.78, 5) is 11.2. The van der Waals surface area contributed by atoms with Crippen LogP contribution in [0.25, 0.3) is 0 Å². The van der Waals surface area contributed by atoms with Gasteiger partial charge in [-0.3, -0.25) is 4.72 Å². The van der Waals surface area contributed by atoms with Gasteiger partial charge in [0.15, 0.2) is 0 Å². The number of benzene rings is 3. The van der Waals surface area contributed by atoms with Crippen molar-refractivity contribution in [2.45, 2.75) is 38.2 Å². The number of aryl methyl sites for hydroxylation is 1. The summed E-state index contributed by atoms with van der Waals surface area (Å²) < 4.78 is 34.8. The van der Waals surface area contributed by atoms with Gasteiger partial charge in [0, 0.05) is 0 Å². The summed E-state index contributed by atoms with van der Waals surface area (Å²) in [6.45, 7) is 5.94. The first-order valence-electron chi connectivity index (χ1n) is 9.85. The van der Waals surface area contributed by atoms with Crippen molar-refractivity contribution in [3.8, 4) is 5.75 Å². The predicted molar refractivity (Wildman–Crippen MR) is 120 cm³/mol. The topological polar surface area (TPSA) is 92.7 Å². The van der Waals surface area contributed by atoms with E-state index in [-0.39, 0.29) is 23.0 Å². The molecule has 3 aromatic rings. The number of rotatable bonds is 8. The minimum absolute atomic E-state index is 0.0507. The third kappa shape index (κ3) is 5.44. The zero-order valence-electron chi connectivity index (χ0n) is 17.6. The number of sulfonamides is 1. The number of carbonyl (C=O) groups is 1. The molecule has 0 saturated heterocycles. The minimum atomic E-state index is -3.82. The van der Waals surface area contributed by atoms with Crippen LogP contribution in [0.1, 0.15) is 46.8 Å². The molecule has 7 heteroatoms. The van der Waals surface area contributed by atoms with Crippen molar-refractivity contribution >= 4 is 21.7 Å². The van der Waals surface area contributed by atoms with E-state index in [9.17, 15) is 13.2 Å². The van der Waals surface area contributed by atoms with Gasteiger partial charge in [0.25, 0.3) is 10.0 Å². The Bertz CT molecular complexity index is 1180. The molecular weight excluding hydrogens is 414 g/mol. The quantitative estimate of drug-likeness (QED) is 0.503. The van der Waals surface area contributed by atoms with Crippen LogP contribution in [0, 0.1) is 6.92 Å². The molecule has 0 heterocycles. The van der Waals surface area contributed by atoms with Gasteiger partial charge >= 0.3 is 5.97 Å². The first-order valence-corrected chi connectivity index (χ1v) is 11.3. The molecular formula is C24H25NO5S. The Kier molecular flexibility index (Phi) is 6.65. The van der Waals surface area contributed by atoms with Gasteiger partial charge in [-0.25, -0.2) is 13.2 Å². The molecule has 0 radical (unpaired) electrons. The van der Waals surface area contributed by atoms with Gasteiger partial charge < -0.3 is 9.84 Å². The van der Waals surface area contributed by atoms with Gasteiger partial charge in [-0.15, -0.1) is 0 Å². The molecule has 3 aromatic carbocycles. The summed E-state index contributed by atoms with van der Waals surface area (Å²) in [5, 5.41) is 9.01. The molecule has 0 aliphatic rings. The second-order valence-electron chi connectivity index (χ2n) is 7.59. The SMILES string of the molecule is Cc1ccc(OCc2ccc(C(=O)O)cc2)c(NS(=O)(=O)c2ccccc2C(C)C)c1. The maximum Gasteiger partial charge on any atom is 0.335 e. The van der Waals surface area contributed by atoms with Crippen LogP contribution in [0.4, 0.5) is 5.69 Å². The highest BCUT2D eigenvalue weighted by Gasteiger charge is 2.21. The number of ether oxygens (including phenoxy) is 1. The van der Waals surface area contributed by atoms with Gasteiger partial charge in [0.2, 0.25) is 0 Å². The van der Waals surface area contributed by atoms with Crippen LogP contribution in [0.2, 0.25) is 0 Å². The Balaban J connectivity index is 1.85. The molecule has 0 amide bonds. The van der Waals surface area contributed by atoms with Crippen molar-refractivity contribution in [1.29, 1.82) is 0 Å². The third-order valence-corrected chi connectivity index (χ3v) is 6.24. The highest BCUT2D eigenvalue weighted by Crippen LogP contribution is 2.31. The Morgan fingerprint density at radius 3 is 2.35 bits per heavy atom. The van der Waals surface area contributed by atoms with Gasteiger partial charge in [-0.2, -0.15) is 0 Å². The number of aromatic carboxylic acids is 1. The van der Waals surface area contributed by atoms with Crippen molar-refractivity contribution in [2.24, 2.45) is 0 Å². The monoisotopic (exact) mass is 439 g/mol. The summed E-state index contributed by atoms with van der Waals surface area (Å²) in [6.07, 6.45) is 0. The van der Waals surface area contributed by atoms with Crippen LogP contribution in [-0.2, 0) is 16.6 Å². The fraction of sp³-hybridized carbons (Fsp3) is 0.208. The molecule has 31 heavy (non-hydrogen) atoms. The van der Waals surface area contributed by atoms with Gasteiger partial charge in [0.1, 0.15) is 12.4 Å². The molecule has 0 fully saturated rings. The second-order valence-corrected chi connectivity index (χ2v) is 9.24. The Hall–Kier alpha value is -3.32. The zero-order valence-corrected chi connectivity index (χ0v) is 18.4. The Morgan fingerprint density at radius 1 is 1.03 bits per heavy atom. The van der Waals surface area contributed by atoms with Crippen molar-refractivity contribution in [2.75, 3.05) is 4.72 Å². The average Bonchev–Trinajstić information content (AvgIpc) is 2.73. The van der Waals surface area contributed by atoms with Crippen molar-refractivity contribution in [1.82, 2.24) is 0 Å². The van der Waals surface area contributed by atoms with Crippen LogP contribution in [0.3, 0.4) is 0 Å². The normalized spacial score (nSPS) is 11.4. The maximum atomic E-state index is 13.1. The standard InChI is InChI=1S/C24H25NO5S/c1-16(2)20-6-4-5-7-23(20)31(28,29)25-21-14-17(3)8-13-22(21)30-15-18-9-11-19(12-10-18)24(26)27/h4-14,16,25H,15H2,1-3H3,(H,26,27). The third-order valence-electron chi connectivity index (χ3n) is 4.81. The number of hydrogen-bond donors (Lipinski definition) is 2. The maximum absolute atomic E-state index is 13.1. The van der Waals surface area contributed by atoms with E-state index in [4.69, 9.17) is 9.84 Å². The van der Waals surface area contributed by atoms with E-state index in [0.29, 0.717) is 11.4 Å². The molecule has 0 aromatic heterocycles. The van der Waals surface area contributed by atoms with Crippen LogP contribution >= 0.6 is 0 Å². The molecule has 0 aliphatic carbocycles. The number of anilines is 1. The van der Waals surface area contributed by atoms with E-state index >= 15 is 0 Å². The van der Waals surface area contributed by atoms with Gasteiger partial charge in [-0.1, -0.05) is 50.2 Å². The molecule has 0 spiro atoms. The fourth-order valence-electron chi connectivity index (χ4n) is 3.16. The zero-order chi connectivity index (χ0) is 22.6. The number of carboxylic acids is 1. The van der Waals surface area contributed by atoms with Crippen LogP contribution in [0.5, 0.6) is 5.75 Å². The van der Waals surface area contributed by atoms with Crippen LogP contribution in [-0.4, -0.2) is 19.5 Å². The van der Waals surface area contributed by atoms with E-state index < -0.39 is 16.0 Å². The van der Waals surface area contributed by atoms with Crippen molar-refractivity contribution in [3.05, 3.63) is 89.0 Å². The molecule has 0 aliphatic heterocycles. The van der Waals surface area contributed by atoms with Crippen molar-refractivity contribution < 1.29 is 23.1 Å².